The topological polar surface area (TPSA) is 104 Å². The molecule has 2 atom stereocenters. The Hall–Kier alpha value is -2.03. The fraction of sp³-hybridized carbons (Fsp3) is 0.364. The lowest BCUT2D eigenvalue weighted by atomic mass is 9.86. The molecule has 7 nitrogen and oxygen atoms in total. The van der Waals surface area contributed by atoms with Gasteiger partial charge in [0, 0.05) is 11.0 Å². The molecule has 0 saturated heterocycles. The van der Waals surface area contributed by atoms with E-state index < -0.39 is 57.5 Å². The van der Waals surface area contributed by atoms with E-state index in [-0.39, 0.29) is 39.2 Å². The van der Waals surface area contributed by atoms with Gasteiger partial charge in [-0.1, -0.05) is 32.4 Å². The lowest BCUT2D eigenvalue weighted by Gasteiger charge is -2.17. The summed E-state index contributed by atoms with van der Waals surface area (Å²) in [4.78, 5) is 25.0. The summed E-state index contributed by atoms with van der Waals surface area (Å²) in [6.45, 7) is 3.00. The van der Waals surface area contributed by atoms with E-state index in [1.807, 2.05) is 4.72 Å². The number of benzene rings is 2. The second kappa shape index (κ2) is 12.5. The van der Waals surface area contributed by atoms with Crippen molar-refractivity contribution in [2.24, 2.45) is 5.41 Å². The van der Waals surface area contributed by atoms with Crippen molar-refractivity contribution >= 4 is 45.1 Å². The van der Waals surface area contributed by atoms with E-state index in [0.29, 0.717) is 0 Å². The van der Waals surface area contributed by atoms with Crippen molar-refractivity contribution in [2.45, 2.75) is 36.7 Å². The first-order valence-electron chi connectivity index (χ1n) is 10.4. The predicted octanol–water partition coefficient (Wildman–Crippen LogP) is 3.92. The second-order valence-corrected chi connectivity index (χ2v) is 11.5. The minimum atomic E-state index is -4.56. The number of ketones is 2. The van der Waals surface area contributed by atoms with Crippen LogP contribution in [0.2, 0.25) is 5.02 Å². The summed E-state index contributed by atoms with van der Waals surface area (Å²) in [6.07, 6.45) is -4.56. The van der Waals surface area contributed by atoms with E-state index in [4.69, 9.17) is 11.6 Å². The molecule has 0 amide bonds. The number of alkyl halides is 3. The molecule has 2 unspecified atom stereocenters. The number of hydrogen-bond acceptors (Lipinski definition) is 5. The minimum absolute atomic E-state index is 0.0114. The molecule has 0 aliphatic carbocycles. The summed E-state index contributed by atoms with van der Waals surface area (Å²) in [5.74, 6) is -1.73. The summed E-state index contributed by atoms with van der Waals surface area (Å²) in [6, 6.07) is 7.13. The maximum Gasteiger partial charge on any atom is 0.402 e. The van der Waals surface area contributed by atoms with Crippen molar-refractivity contribution in [1.82, 2.24) is 14.8 Å². The number of rotatable bonds is 11. The molecule has 0 aliphatic heterocycles. The third-order valence-corrected chi connectivity index (χ3v) is 7.05. The monoisotopic (exact) mass is 569 g/mol. The standard InChI is InChI=1S/C22H24ClF4N3O4S2/c1-21(2,3)20(32)16-9-14(5-7-18(16)24)36(34)30-12-28-10-19(31)15-8-13(4-6-17(15)23)35(33)29-11-22(25,26)27/h4-9,28-30H,10-12H2,1-3H3. The highest BCUT2D eigenvalue weighted by atomic mass is 35.5. The molecule has 0 aromatic heterocycles. The molecule has 0 radical (unpaired) electrons. The quantitative estimate of drug-likeness (QED) is 0.165. The zero-order chi connectivity index (χ0) is 27.3. The van der Waals surface area contributed by atoms with Crippen LogP contribution in [-0.2, 0) is 22.0 Å². The Bertz CT molecular complexity index is 1190. The number of hydrogen-bond donors (Lipinski definition) is 3. The highest BCUT2D eigenvalue weighted by Crippen LogP contribution is 2.24. The average Bonchev–Trinajstić information content (AvgIpc) is 2.79. The second-order valence-electron chi connectivity index (χ2n) is 8.51. The molecular weight excluding hydrogens is 546 g/mol. The van der Waals surface area contributed by atoms with Gasteiger partial charge in [0.25, 0.3) is 0 Å². The summed E-state index contributed by atoms with van der Waals surface area (Å²) < 4.78 is 80.0. The third-order valence-electron chi connectivity index (χ3n) is 4.55. The molecule has 0 aliphatic rings. The first kappa shape index (κ1) is 30.2. The molecule has 2 rings (SSSR count). The van der Waals surface area contributed by atoms with Crippen LogP contribution in [-0.4, -0.2) is 45.9 Å². The third kappa shape index (κ3) is 8.82. The Balaban J connectivity index is 1.96. The Morgan fingerprint density at radius 1 is 0.917 bits per heavy atom. The number of Topliss-reactive ketones (excluding diaryl/α,β-unsaturated/α-hetero) is 2. The Morgan fingerprint density at radius 2 is 1.47 bits per heavy atom. The van der Waals surface area contributed by atoms with Gasteiger partial charge in [0.2, 0.25) is 0 Å². The molecule has 2 aromatic rings. The van der Waals surface area contributed by atoms with Crippen LogP contribution in [0.5, 0.6) is 0 Å². The van der Waals surface area contributed by atoms with Crippen molar-refractivity contribution < 1.29 is 35.6 Å². The zero-order valence-corrected chi connectivity index (χ0v) is 21.8. The van der Waals surface area contributed by atoms with Crippen molar-refractivity contribution in [3.63, 3.8) is 0 Å². The van der Waals surface area contributed by atoms with Gasteiger partial charge in [0.05, 0.1) is 33.6 Å². The maximum atomic E-state index is 14.1. The van der Waals surface area contributed by atoms with Crippen molar-refractivity contribution in [1.29, 1.82) is 0 Å². The van der Waals surface area contributed by atoms with E-state index in [1.165, 1.54) is 24.3 Å². The maximum absolute atomic E-state index is 14.1. The van der Waals surface area contributed by atoms with E-state index in [2.05, 4.69) is 10.0 Å². The SMILES string of the molecule is CC(C)(C)C(=O)c1cc(S(=O)NCNCC(=O)c2cc(S(=O)NCC(F)(F)F)ccc2Cl)ccc1F. The molecule has 14 heteroatoms. The lowest BCUT2D eigenvalue weighted by Crippen LogP contribution is -2.34. The summed E-state index contributed by atoms with van der Waals surface area (Å²) in [7, 11) is -4.05. The normalized spacial score (nSPS) is 13.9. The number of carbonyl (C=O) groups is 2. The van der Waals surface area contributed by atoms with Crippen molar-refractivity contribution in [3.8, 4) is 0 Å². The largest absolute Gasteiger partial charge is 0.402 e. The van der Waals surface area contributed by atoms with Gasteiger partial charge in [0.1, 0.15) is 34.3 Å². The van der Waals surface area contributed by atoms with Crippen molar-refractivity contribution in [3.05, 3.63) is 58.4 Å². The molecule has 3 N–H and O–H groups in total. The van der Waals surface area contributed by atoms with E-state index in [9.17, 15) is 35.6 Å². The summed E-state index contributed by atoms with van der Waals surface area (Å²) in [5, 5.41) is 2.70. The van der Waals surface area contributed by atoms with Gasteiger partial charge in [-0.3, -0.25) is 14.9 Å². The van der Waals surface area contributed by atoms with Gasteiger partial charge >= 0.3 is 6.18 Å². The average molecular weight is 570 g/mol. The molecular formula is C22H24ClF4N3O4S2. The zero-order valence-electron chi connectivity index (χ0n) is 19.4. The van der Waals surface area contributed by atoms with E-state index in [0.717, 1.165) is 12.1 Å². The Kier molecular flexibility index (Phi) is 10.5. The predicted molar refractivity (Wildman–Crippen MR) is 129 cm³/mol. The Morgan fingerprint density at radius 3 is 2.06 bits per heavy atom. The molecule has 0 saturated carbocycles. The highest BCUT2D eigenvalue weighted by Gasteiger charge is 2.28. The number of halogens is 5. The molecule has 0 fully saturated rings. The van der Waals surface area contributed by atoms with Crippen LogP contribution in [0.4, 0.5) is 17.6 Å². The molecule has 2 aromatic carbocycles. The Labute approximate surface area is 215 Å². The first-order chi connectivity index (χ1) is 16.6. The molecule has 0 heterocycles. The van der Waals surface area contributed by atoms with Gasteiger partial charge in [-0.05, 0) is 36.4 Å². The first-order valence-corrected chi connectivity index (χ1v) is 13.0. The fourth-order valence-corrected chi connectivity index (χ4v) is 4.65. The van der Waals surface area contributed by atoms with Gasteiger partial charge in [-0.15, -0.1) is 0 Å². The minimum Gasteiger partial charge on any atom is -0.296 e. The van der Waals surface area contributed by atoms with Crippen LogP contribution in [0.15, 0.2) is 46.2 Å². The van der Waals surface area contributed by atoms with Crippen LogP contribution in [0.3, 0.4) is 0 Å². The van der Waals surface area contributed by atoms with E-state index >= 15 is 0 Å². The van der Waals surface area contributed by atoms with Gasteiger partial charge < -0.3 is 0 Å². The fourth-order valence-electron chi connectivity index (χ4n) is 2.73. The molecule has 0 spiro atoms. The summed E-state index contributed by atoms with van der Waals surface area (Å²) in [5.41, 5.74) is -1.08. The van der Waals surface area contributed by atoms with Crippen LogP contribution < -0.4 is 14.8 Å². The van der Waals surface area contributed by atoms with Crippen molar-refractivity contribution in [2.75, 3.05) is 19.8 Å². The summed E-state index contributed by atoms with van der Waals surface area (Å²) >= 11 is 6.00. The van der Waals surface area contributed by atoms with E-state index in [1.54, 1.807) is 20.8 Å². The van der Waals surface area contributed by atoms with Crippen LogP contribution in [0.25, 0.3) is 0 Å². The lowest BCUT2D eigenvalue weighted by molar-refractivity contribution is -0.121. The van der Waals surface area contributed by atoms with Gasteiger partial charge in [-0.25, -0.2) is 22.3 Å². The number of nitrogens with one attached hydrogen (secondary N) is 3. The van der Waals surface area contributed by atoms with Gasteiger partial charge in [0.15, 0.2) is 11.6 Å². The number of carbonyl (C=O) groups excluding carboxylic acids is 2. The molecule has 0 bridgehead atoms. The smallest absolute Gasteiger partial charge is 0.296 e. The van der Waals surface area contributed by atoms with Crippen LogP contribution >= 0.6 is 11.6 Å². The van der Waals surface area contributed by atoms with Crippen LogP contribution in [0.1, 0.15) is 41.5 Å². The molecule has 198 valence electrons. The van der Waals surface area contributed by atoms with Crippen LogP contribution in [0, 0.1) is 11.2 Å². The highest BCUT2D eigenvalue weighted by molar-refractivity contribution is 7.83. The van der Waals surface area contributed by atoms with Gasteiger partial charge in [-0.2, -0.15) is 13.2 Å². The molecule has 36 heavy (non-hydrogen) atoms.